The SMILES string of the molecule is Cc1ccc(CC(=O)N=c2sc3cc(Cl)cc(C)c3n2C)cc1C. The number of amides is 1. The minimum atomic E-state index is -0.135. The van der Waals surface area contributed by atoms with Gasteiger partial charge in [-0.3, -0.25) is 4.79 Å². The van der Waals surface area contributed by atoms with Crippen molar-refractivity contribution in [1.29, 1.82) is 0 Å². The van der Waals surface area contributed by atoms with E-state index in [1.807, 2.05) is 42.8 Å². The predicted molar refractivity (Wildman–Crippen MR) is 101 cm³/mol. The molecular formula is C19H19ClN2OS. The van der Waals surface area contributed by atoms with E-state index in [0.29, 0.717) is 16.2 Å². The second kappa shape index (κ2) is 6.54. The molecule has 3 nitrogen and oxygen atoms in total. The highest BCUT2D eigenvalue weighted by Crippen LogP contribution is 2.25. The number of thiazole rings is 1. The largest absolute Gasteiger partial charge is 0.319 e. The number of benzene rings is 2. The van der Waals surface area contributed by atoms with Gasteiger partial charge in [-0.25, -0.2) is 0 Å². The zero-order valence-electron chi connectivity index (χ0n) is 14.2. The van der Waals surface area contributed by atoms with Crippen molar-refractivity contribution >= 4 is 39.1 Å². The topological polar surface area (TPSA) is 34.4 Å². The third-order valence-electron chi connectivity index (χ3n) is 4.20. The fourth-order valence-electron chi connectivity index (χ4n) is 2.81. The molecule has 0 unspecified atom stereocenters. The van der Waals surface area contributed by atoms with Gasteiger partial charge in [0.15, 0.2) is 4.80 Å². The van der Waals surface area contributed by atoms with Gasteiger partial charge >= 0.3 is 0 Å². The summed E-state index contributed by atoms with van der Waals surface area (Å²) >= 11 is 7.61. The van der Waals surface area contributed by atoms with Crippen molar-refractivity contribution in [3.05, 3.63) is 62.4 Å². The zero-order chi connectivity index (χ0) is 17.4. The first-order valence-electron chi connectivity index (χ1n) is 7.74. The molecule has 0 bridgehead atoms. The van der Waals surface area contributed by atoms with Crippen molar-refractivity contribution in [3.63, 3.8) is 0 Å². The van der Waals surface area contributed by atoms with Gasteiger partial charge in [-0.05, 0) is 55.2 Å². The van der Waals surface area contributed by atoms with Crippen molar-refractivity contribution < 1.29 is 4.79 Å². The van der Waals surface area contributed by atoms with Gasteiger partial charge in [0.25, 0.3) is 5.91 Å². The van der Waals surface area contributed by atoms with Gasteiger partial charge in [0, 0.05) is 12.1 Å². The Morgan fingerprint density at radius 2 is 1.88 bits per heavy atom. The summed E-state index contributed by atoms with van der Waals surface area (Å²) in [6, 6.07) is 9.93. The number of hydrogen-bond acceptors (Lipinski definition) is 2. The lowest BCUT2D eigenvalue weighted by Gasteiger charge is -2.03. The first-order chi connectivity index (χ1) is 11.3. The summed E-state index contributed by atoms with van der Waals surface area (Å²) in [5.41, 5.74) is 5.57. The molecule has 0 atom stereocenters. The summed E-state index contributed by atoms with van der Waals surface area (Å²) in [7, 11) is 1.93. The molecular weight excluding hydrogens is 340 g/mol. The number of carbonyl (C=O) groups is 1. The number of nitrogens with zero attached hydrogens (tertiary/aromatic N) is 2. The molecule has 0 radical (unpaired) electrons. The molecule has 3 aromatic rings. The quantitative estimate of drug-likeness (QED) is 0.664. The molecule has 0 saturated heterocycles. The van der Waals surface area contributed by atoms with Crippen molar-refractivity contribution in [3.8, 4) is 0 Å². The Labute approximate surface area is 150 Å². The number of hydrogen-bond donors (Lipinski definition) is 0. The molecule has 0 aliphatic rings. The van der Waals surface area contributed by atoms with Crippen LogP contribution in [0.4, 0.5) is 0 Å². The second-order valence-electron chi connectivity index (χ2n) is 6.11. The molecule has 5 heteroatoms. The highest BCUT2D eigenvalue weighted by molar-refractivity contribution is 7.16. The van der Waals surface area contributed by atoms with Gasteiger partial charge in [0.05, 0.1) is 16.6 Å². The van der Waals surface area contributed by atoms with E-state index in [9.17, 15) is 4.79 Å². The normalized spacial score (nSPS) is 12.1. The monoisotopic (exact) mass is 358 g/mol. The van der Waals surface area contributed by atoms with Crippen LogP contribution >= 0.6 is 22.9 Å². The van der Waals surface area contributed by atoms with Crippen molar-refractivity contribution in [2.45, 2.75) is 27.2 Å². The highest BCUT2D eigenvalue weighted by atomic mass is 35.5. The molecule has 0 N–H and O–H groups in total. The van der Waals surface area contributed by atoms with Gasteiger partial charge in [-0.15, -0.1) is 0 Å². The summed E-state index contributed by atoms with van der Waals surface area (Å²) in [5, 5.41) is 0.704. The van der Waals surface area contributed by atoms with Crippen molar-refractivity contribution in [2.24, 2.45) is 12.0 Å². The van der Waals surface area contributed by atoms with Crippen LogP contribution in [0.15, 0.2) is 35.3 Å². The minimum absolute atomic E-state index is 0.135. The van der Waals surface area contributed by atoms with Crippen LogP contribution in [0.3, 0.4) is 0 Å². The van der Waals surface area contributed by atoms with Gasteiger partial charge in [0.2, 0.25) is 0 Å². The summed E-state index contributed by atoms with van der Waals surface area (Å²) in [6.45, 7) is 6.14. The van der Waals surface area contributed by atoms with E-state index in [4.69, 9.17) is 11.6 Å². The maximum Gasteiger partial charge on any atom is 0.252 e. The van der Waals surface area contributed by atoms with E-state index < -0.39 is 0 Å². The molecule has 1 aromatic heterocycles. The van der Waals surface area contributed by atoms with Crippen LogP contribution in [0.2, 0.25) is 5.02 Å². The van der Waals surface area contributed by atoms with E-state index in [0.717, 1.165) is 21.3 Å². The Morgan fingerprint density at radius 3 is 2.58 bits per heavy atom. The fraction of sp³-hybridized carbons (Fsp3) is 0.263. The molecule has 0 aliphatic heterocycles. The van der Waals surface area contributed by atoms with E-state index in [1.54, 1.807) is 0 Å². The lowest BCUT2D eigenvalue weighted by atomic mass is 10.0. The third-order valence-corrected chi connectivity index (χ3v) is 5.50. The molecule has 0 aliphatic carbocycles. The Kier molecular flexibility index (Phi) is 4.61. The van der Waals surface area contributed by atoms with Gasteiger partial charge in [-0.2, -0.15) is 4.99 Å². The van der Waals surface area contributed by atoms with Crippen LogP contribution in [-0.4, -0.2) is 10.5 Å². The van der Waals surface area contributed by atoms with E-state index in [1.165, 1.54) is 22.5 Å². The van der Waals surface area contributed by atoms with Gasteiger partial charge in [-0.1, -0.05) is 41.1 Å². The molecule has 1 heterocycles. The fourth-order valence-corrected chi connectivity index (χ4v) is 4.30. The molecule has 0 spiro atoms. The van der Waals surface area contributed by atoms with E-state index >= 15 is 0 Å². The Morgan fingerprint density at radius 1 is 1.12 bits per heavy atom. The zero-order valence-corrected chi connectivity index (χ0v) is 15.8. The predicted octanol–water partition coefficient (Wildman–Crippen LogP) is 4.49. The van der Waals surface area contributed by atoms with Crippen LogP contribution in [0.5, 0.6) is 0 Å². The van der Waals surface area contributed by atoms with Crippen LogP contribution < -0.4 is 4.80 Å². The highest BCUT2D eigenvalue weighted by Gasteiger charge is 2.09. The standard InChI is InChI=1S/C19H19ClN2OS/c1-11-5-6-14(7-12(11)2)9-17(23)21-19-22(4)18-13(3)8-15(20)10-16(18)24-19/h5-8,10H,9H2,1-4H3. The van der Waals surface area contributed by atoms with Gasteiger partial charge < -0.3 is 4.57 Å². The minimum Gasteiger partial charge on any atom is -0.319 e. The summed E-state index contributed by atoms with van der Waals surface area (Å²) < 4.78 is 3.00. The lowest BCUT2D eigenvalue weighted by Crippen LogP contribution is -2.14. The second-order valence-corrected chi connectivity index (χ2v) is 7.56. The van der Waals surface area contributed by atoms with Crippen molar-refractivity contribution in [1.82, 2.24) is 4.57 Å². The van der Waals surface area contributed by atoms with Crippen LogP contribution in [0, 0.1) is 20.8 Å². The molecule has 1 amide bonds. The Balaban J connectivity index is 1.97. The molecule has 124 valence electrons. The van der Waals surface area contributed by atoms with Crippen molar-refractivity contribution in [2.75, 3.05) is 0 Å². The molecule has 2 aromatic carbocycles. The van der Waals surface area contributed by atoms with Gasteiger partial charge in [0.1, 0.15) is 0 Å². The number of rotatable bonds is 2. The van der Waals surface area contributed by atoms with Crippen LogP contribution in [0.25, 0.3) is 10.2 Å². The average Bonchev–Trinajstić information content (AvgIpc) is 2.79. The first kappa shape index (κ1) is 16.9. The lowest BCUT2D eigenvalue weighted by molar-refractivity contribution is -0.117. The molecule has 3 rings (SSSR count). The summed E-state index contributed by atoms with van der Waals surface area (Å²) in [4.78, 5) is 17.4. The van der Waals surface area contributed by atoms with E-state index in [2.05, 4.69) is 24.9 Å². The maximum absolute atomic E-state index is 12.4. The molecule has 24 heavy (non-hydrogen) atoms. The van der Waals surface area contributed by atoms with Crippen LogP contribution in [-0.2, 0) is 18.3 Å². The number of fused-ring (bicyclic) bond motifs is 1. The Hall–Kier alpha value is -1.91. The van der Waals surface area contributed by atoms with E-state index in [-0.39, 0.29) is 5.91 Å². The molecule has 0 fully saturated rings. The number of halogens is 1. The third kappa shape index (κ3) is 3.30. The first-order valence-corrected chi connectivity index (χ1v) is 8.94. The maximum atomic E-state index is 12.4. The number of carbonyl (C=O) groups excluding carboxylic acids is 1. The average molecular weight is 359 g/mol. The number of aromatic nitrogens is 1. The summed E-state index contributed by atoms with van der Waals surface area (Å²) in [5.74, 6) is -0.135. The smallest absolute Gasteiger partial charge is 0.252 e. The Bertz CT molecular complexity index is 1010. The summed E-state index contributed by atoms with van der Waals surface area (Å²) in [6.07, 6.45) is 0.315. The van der Waals surface area contributed by atoms with Crippen LogP contribution in [0.1, 0.15) is 22.3 Å². The molecule has 0 saturated carbocycles. The number of aryl methyl sites for hydroxylation is 4.